The van der Waals surface area contributed by atoms with Crippen LogP contribution in [0.3, 0.4) is 0 Å². The van der Waals surface area contributed by atoms with E-state index >= 15 is 0 Å². The third-order valence-corrected chi connectivity index (χ3v) is 7.86. The summed E-state index contributed by atoms with van der Waals surface area (Å²) in [7, 11) is 1.58. The maximum atomic E-state index is 14.3. The second-order valence-electron chi connectivity index (χ2n) is 9.91. The molecule has 202 valence electrons. The van der Waals surface area contributed by atoms with E-state index in [1.807, 2.05) is 0 Å². The summed E-state index contributed by atoms with van der Waals surface area (Å²) in [5.74, 6) is -1.66. The van der Waals surface area contributed by atoms with Gasteiger partial charge in [0.15, 0.2) is 0 Å². The van der Waals surface area contributed by atoms with E-state index in [4.69, 9.17) is 19.3 Å². The Hall–Kier alpha value is -2.91. The lowest BCUT2D eigenvalue weighted by Crippen LogP contribution is -2.56. The molecule has 2 amide bonds. The Kier molecular flexibility index (Phi) is 8.54. The number of methoxy groups -OCH3 is 1. The number of fused-ring (bicyclic) bond motifs is 1. The number of carbonyl (C=O) groups excluding carboxylic acids is 3. The standard InChI is InChI=1S/C28H38N2O7/c1-4-16-29(19-10-12-20(35-3)13-11-19)26(33)24-28-15-14-21(37-28)22(27(34)36-5-2)23(28)25(32)30(24)17-8-6-7-9-18-31/h4,10-13,21-24,31H,1,5-9,14-18H2,2-3H3/t21-,22+,23+,24?,28?/m1/s1. The average Bonchev–Trinajstić information content (AvgIpc) is 3.54. The van der Waals surface area contributed by atoms with E-state index in [0.29, 0.717) is 43.7 Å². The smallest absolute Gasteiger partial charge is 0.312 e. The summed E-state index contributed by atoms with van der Waals surface area (Å²) in [6.45, 7) is 6.56. The predicted molar refractivity (Wildman–Crippen MR) is 137 cm³/mol. The van der Waals surface area contributed by atoms with E-state index in [0.717, 1.165) is 12.8 Å². The summed E-state index contributed by atoms with van der Waals surface area (Å²) in [4.78, 5) is 44.4. The van der Waals surface area contributed by atoms with Crippen molar-refractivity contribution in [2.45, 2.75) is 63.2 Å². The Balaban J connectivity index is 1.69. The van der Waals surface area contributed by atoms with Gasteiger partial charge < -0.3 is 29.1 Å². The number of aliphatic hydroxyl groups is 1. The predicted octanol–water partition coefficient (Wildman–Crippen LogP) is 2.70. The van der Waals surface area contributed by atoms with Crippen molar-refractivity contribution in [2.75, 3.05) is 38.3 Å². The molecule has 2 bridgehead atoms. The lowest BCUT2D eigenvalue weighted by atomic mass is 9.70. The first kappa shape index (κ1) is 27.1. The first-order valence-electron chi connectivity index (χ1n) is 13.3. The fourth-order valence-electron chi connectivity index (χ4n) is 6.29. The molecule has 37 heavy (non-hydrogen) atoms. The molecule has 3 aliphatic rings. The largest absolute Gasteiger partial charge is 0.497 e. The van der Waals surface area contributed by atoms with Crippen molar-refractivity contribution in [3.05, 3.63) is 36.9 Å². The fourth-order valence-corrected chi connectivity index (χ4v) is 6.29. The highest BCUT2D eigenvalue weighted by Gasteiger charge is 2.75. The van der Waals surface area contributed by atoms with Crippen LogP contribution in [-0.4, -0.2) is 79.0 Å². The van der Waals surface area contributed by atoms with Gasteiger partial charge in [-0.1, -0.05) is 18.9 Å². The van der Waals surface area contributed by atoms with Crippen molar-refractivity contribution in [3.8, 4) is 5.75 Å². The van der Waals surface area contributed by atoms with E-state index in [1.54, 1.807) is 54.2 Å². The molecule has 3 saturated heterocycles. The Morgan fingerprint density at radius 1 is 1.24 bits per heavy atom. The van der Waals surface area contributed by atoms with Crippen molar-refractivity contribution in [1.82, 2.24) is 4.90 Å². The molecule has 3 fully saturated rings. The molecule has 0 saturated carbocycles. The summed E-state index contributed by atoms with van der Waals surface area (Å²) in [6, 6.07) is 6.33. The average molecular weight is 515 g/mol. The number of likely N-dealkylation sites (tertiary alicyclic amines) is 1. The zero-order chi connectivity index (χ0) is 26.6. The van der Waals surface area contributed by atoms with Gasteiger partial charge in [0.2, 0.25) is 5.91 Å². The van der Waals surface area contributed by atoms with Crippen LogP contribution in [0.1, 0.15) is 45.4 Å². The first-order chi connectivity index (χ1) is 17.9. The van der Waals surface area contributed by atoms with Gasteiger partial charge in [0.25, 0.3) is 5.91 Å². The molecule has 3 aliphatic heterocycles. The van der Waals surface area contributed by atoms with Gasteiger partial charge in [-0.15, -0.1) is 6.58 Å². The zero-order valence-electron chi connectivity index (χ0n) is 21.8. The van der Waals surface area contributed by atoms with Crippen molar-refractivity contribution >= 4 is 23.5 Å². The van der Waals surface area contributed by atoms with E-state index < -0.39 is 35.6 Å². The van der Waals surface area contributed by atoms with Gasteiger partial charge in [0.1, 0.15) is 17.4 Å². The molecule has 1 aromatic rings. The fraction of sp³-hybridized carbons (Fsp3) is 0.607. The zero-order valence-corrected chi connectivity index (χ0v) is 21.8. The van der Waals surface area contributed by atoms with Crippen LogP contribution in [-0.2, 0) is 23.9 Å². The molecule has 0 radical (unpaired) electrons. The maximum absolute atomic E-state index is 14.3. The number of aliphatic hydroxyl groups excluding tert-OH is 1. The van der Waals surface area contributed by atoms with E-state index in [2.05, 4.69) is 6.58 Å². The lowest BCUT2D eigenvalue weighted by molar-refractivity contribution is -0.154. The van der Waals surface area contributed by atoms with Crippen molar-refractivity contribution in [1.29, 1.82) is 0 Å². The second-order valence-corrected chi connectivity index (χ2v) is 9.91. The van der Waals surface area contributed by atoms with Gasteiger partial charge in [0, 0.05) is 25.4 Å². The quantitative estimate of drug-likeness (QED) is 0.245. The number of benzene rings is 1. The molecular weight excluding hydrogens is 476 g/mol. The molecule has 1 aromatic carbocycles. The SMILES string of the molecule is C=CCN(C(=O)C1N(CCCCCCO)C(=O)[C@@H]2[C@@H](C(=O)OCC)[C@H]3CCC12O3)c1ccc(OC)cc1. The highest BCUT2D eigenvalue weighted by molar-refractivity contribution is 6.04. The number of rotatable bonds is 13. The maximum Gasteiger partial charge on any atom is 0.312 e. The van der Waals surface area contributed by atoms with Crippen molar-refractivity contribution in [3.63, 3.8) is 0 Å². The van der Waals surface area contributed by atoms with Crippen LogP contribution >= 0.6 is 0 Å². The molecule has 1 spiro atoms. The molecule has 0 aromatic heterocycles. The number of hydrogen-bond donors (Lipinski definition) is 1. The number of esters is 1. The molecule has 1 N–H and O–H groups in total. The van der Waals surface area contributed by atoms with Crippen LogP contribution in [0.5, 0.6) is 5.75 Å². The van der Waals surface area contributed by atoms with Crippen molar-refractivity contribution < 1.29 is 33.7 Å². The molecule has 2 unspecified atom stereocenters. The number of unbranched alkanes of at least 4 members (excludes halogenated alkanes) is 3. The summed E-state index contributed by atoms with van der Waals surface area (Å²) in [6.07, 6.45) is 5.41. The number of nitrogens with zero attached hydrogens (tertiary/aromatic N) is 2. The Bertz CT molecular complexity index is 997. The molecule has 9 heteroatoms. The second kappa shape index (κ2) is 11.6. The van der Waals surface area contributed by atoms with Crippen LogP contribution in [0.4, 0.5) is 5.69 Å². The number of amides is 2. The first-order valence-corrected chi connectivity index (χ1v) is 13.3. The molecule has 4 rings (SSSR count). The highest BCUT2D eigenvalue weighted by Crippen LogP contribution is 2.59. The number of ether oxygens (including phenoxy) is 3. The summed E-state index contributed by atoms with van der Waals surface area (Å²) in [5, 5.41) is 9.10. The molecule has 5 atom stereocenters. The van der Waals surface area contributed by atoms with Gasteiger partial charge in [-0.25, -0.2) is 0 Å². The van der Waals surface area contributed by atoms with Crippen molar-refractivity contribution in [2.24, 2.45) is 11.8 Å². The molecule has 9 nitrogen and oxygen atoms in total. The topological polar surface area (TPSA) is 106 Å². The van der Waals surface area contributed by atoms with Gasteiger partial charge in [-0.2, -0.15) is 0 Å². The normalized spacial score (nSPS) is 27.8. The minimum Gasteiger partial charge on any atom is -0.497 e. The van der Waals surface area contributed by atoms with Gasteiger partial charge in [-0.3, -0.25) is 14.4 Å². The molecular formula is C28H38N2O7. The third-order valence-electron chi connectivity index (χ3n) is 7.86. The monoisotopic (exact) mass is 514 g/mol. The van der Waals surface area contributed by atoms with Crippen LogP contribution in [0.25, 0.3) is 0 Å². The van der Waals surface area contributed by atoms with Crippen LogP contribution in [0.15, 0.2) is 36.9 Å². The van der Waals surface area contributed by atoms with E-state index in [1.165, 1.54) is 0 Å². The summed E-state index contributed by atoms with van der Waals surface area (Å²) in [5.41, 5.74) is -0.400. The number of anilines is 1. The highest BCUT2D eigenvalue weighted by atomic mass is 16.6. The Morgan fingerprint density at radius 3 is 2.62 bits per heavy atom. The van der Waals surface area contributed by atoms with Gasteiger partial charge in [0.05, 0.1) is 31.7 Å². The minimum absolute atomic E-state index is 0.129. The van der Waals surface area contributed by atoms with Gasteiger partial charge in [-0.05, 0) is 56.9 Å². The summed E-state index contributed by atoms with van der Waals surface area (Å²) < 4.78 is 17.1. The summed E-state index contributed by atoms with van der Waals surface area (Å²) >= 11 is 0. The van der Waals surface area contributed by atoms with E-state index in [-0.39, 0.29) is 31.6 Å². The van der Waals surface area contributed by atoms with Crippen LogP contribution in [0, 0.1) is 11.8 Å². The van der Waals surface area contributed by atoms with E-state index in [9.17, 15) is 14.4 Å². The Morgan fingerprint density at radius 2 is 1.97 bits per heavy atom. The van der Waals surface area contributed by atoms with Gasteiger partial charge >= 0.3 is 5.97 Å². The molecule has 0 aliphatic carbocycles. The van der Waals surface area contributed by atoms with Crippen LogP contribution in [0.2, 0.25) is 0 Å². The Labute approximate surface area is 218 Å². The third kappa shape index (κ3) is 4.86. The number of carbonyl (C=O) groups is 3. The minimum atomic E-state index is -1.06. The lowest BCUT2D eigenvalue weighted by Gasteiger charge is -2.36. The molecule has 3 heterocycles. The van der Waals surface area contributed by atoms with Crippen LogP contribution < -0.4 is 9.64 Å². The number of hydrogen-bond acceptors (Lipinski definition) is 7.